The minimum absolute atomic E-state index is 0. The number of nitrogens with one attached hydrogen (secondary N) is 1. The Labute approximate surface area is 135 Å². The number of alkyl halides is 3. The molecule has 118 valence electrons. The Balaban J connectivity index is 0.00000176. The molecule has 0 bridgehead atoms. The lowest BCUT2D eigenvalue weighted by molar-refractivity contribution is -0.0435. The molecule has 0 saturated carbocycles. The van der Waals surface area contributed by atoms with E-state index in [-0.39, 0.29) is 18.1 Å². The Morgan fingerprint density at radius 3 is 2.27 bits per heavy atom. The first-order valence-corrected chi connectivity index (χ1v) is 8.09. The van der Waals surface area contributed by atoms with E-state index in [0.29, 0.717) is 10.6 Å². The molecule has 3 nitrogen and oxygen atoms in total. The van der Waals surface area contributed by atoms with E-state index >= 15 is 0 Å². The number of benzene rings is 2. The minimum atomic E-state index is -5.40. The van der Waals surface area contributed by atoms with Gasteiger partial charge in [-0.1, -0.05) is 30.0 Å². The van der Waals surface area contributed by atoms with Crippen molar-refractivity contribution in [3.8, 4) is 0 Å². The Morgan fingerprint density at radius 1 is 0.955 bits per heavy atom. The molecule has 0 saturated heterocycles. The summed E-state index contributed by atoms with van der Waals surface area (Å²) < 4.78 is 61.6. The second kappa shape index (κ2) is 5.68. The smallest absolute Gasteiger partial charge is 0.353 e. The van der Waals surface area contributed by atoms with Gasteiger partial charge < -0.3 is 5.32 Å². The van der Waals surface area contributed by atoms with Crippen molar-refractivity contribution in [2.75, 3.05) is 5.32 Å². The zero-order chi connectivity index (χ0) is 15.3. The quantitative estimate of drug-likeness (QED) is 0.682. The molecule has 3 rings (SSSR count). The van der Waals surface area contributed by atoms with Crippen LogP contribution in [-0.4, -0.2) is 13.9 Å². The maximum Gasteiger partial charge on any atom is 0.501 e. The van der Waals surface area contributed by atoms with Gasteiger partial charge in [0.25, 0.3) is 9.84 Å². The SMILES string of the molecule is Cl.O=S(=O)(c1cccc2c1Nc1ccccc1S2)C(F)(F)F. The van der Waals surface area contributed by atoms with Crippen LogP contribution in [0, 0.1) is 0 Å². The summed E-state index contributed by atoms with van der Waals surface area (Å²) in [6, 6.07) is 10.9. The van der Waals surface area contributed by atoms with E-state index in [4.69, 9.17) is 0 Å². The molecule has 0 fully saturated rings. The van der Waals surface area contributed by atoms with Gasteiger partial charge in [0.1, 0.15) is 4.90 Å². The molecule has 1 N–H and O–H groups in total. The molecule has 0 aromatic heterocycles. The van der Waals surface area contributed by atoms with Crippen LogP contribution in [0.3, 0.4) is 0 Å². The second-order valence-corrected chi connectivity index (χ2v) is 7.30. The largest absolute Gasteiger partial charge is 0.501 e. The van der Waals surface area contributed by atoms with Gasteiger partial charge in [-0.3, -0.25) is 0 Å². The fourth-order valence-corrected chi connectivity index (χ4v) is 4.00. The molecule has 0 spiro atoms. The number of sulfone groups is 1. The summed E-state index contributed by atoms with van der Waals surface area (Å²) in [6.45, 7) is 0. The van der Waals surface area contributed by atoms with Gasteiger partial charge in [-0.2, -0.15) is 13.2 Å². The lowest BCUT2D eigenvalue weighted by Gasteiger charge is -2.23. The predicted octanol–water partition coefficient (Wildman–Crippen LogP) is 4.61. The number of rotatable bonds is 1. The van der Waals surface area contributed by atoms with E-state index in [2.05, 4.69) is 5.32 Å². The highest BCUT2D eigenvalue weighted by Crippen LogP contribution is 2.47. The highest BCUT2D eigenvalue weighted by molar-refractivity contribution is 7.99. The number of para-hydroxylation sites is 2. The molecule has 0 aliphatic carbocycles. The summed E-state index contributed by atoms with van der Waals surface area (Å²) in [5, 5.41) is 2.79. The summed E-state index contributed by atoms with van der Waals surface area (Å²) >= 11 is 1.23. The molecule has 1 aliphatic rings. The number of fused-ring (bicyclic) bond motifs is 2. The second-order valence-electron chi connectivity index (χ2n) is 4.30. The molecule has 9 heteroatoms. The Hall–Kier alpha value is -1.38. The van der Waals surface area contributed by atoms with Crippen LogP contribution in [-0.2, 0) is 9.84 Å². The lowest BCUT2D eigenvalue weighted by atomic mass is 10.2. The lowest BCUT2D eigenvalue weighted by Crippen LogP contribution is -2.24. The van der Waals surface area contributed by atoms with Crippen molar-refractivity contribution < 1.29 is 21.6 Å². The molecule has 2 aromatic carbocycles. The van der Waals surface area contributed by atoms with Gasteiger partial charge in [0.05, 0.1) is 11.4 Å². The normalized spacial score (nSPS) is 13.4. The zero-order valence-corrected chi connectivity index (χ0v) is 13.2. The van der Waals surface area contributed by atoms with Gasteiger partial charge in [-0.05, 0) is 24.3 Å². The fraction of sp³-hybridized carbons (Fsp3) is 0.0769. The summed E-state index contributed by atoms with van der Waals surface area (Å²) in [6.07, 6.45) is 0. The third kappa shape index (κ3) is 2.66. The number of anilines is 2. The van der Waals surface area contributed by atoms with Crippen molar-refractivity contribution in [1.82, 2.24) is 0 Å². The maximum atomic E-state index is 12.8. The summed E-state index contributed by atoms with van der Waals surface area (Å²) in [5.74, 6) is 0. The first kappa shape index (κ1) is 17.0. The monoisotopic (exact) mass is 367 g/mol. The van der Waals surface area contributed by atoms with Crippen LogP contribution in [0.15, 0.2) is 57.2 Å². The maximum absolute atomic E-state index is 12.8. The third-order valence-electron chi connectivity index (χ3n) is 2.95. The highest BCUT2D eigenvalue weighted by atomic mass is 35.5. The molecule has 0 atom stereocenters. The van der Waals surface area contributed by atoms with E-state index < -0.39 is 20.2 Å². The van der Waals surface area contributed by atoms with E-state index in [1.165, 1.54) is 17.8 Å². The van der Waals surface area contributed by atoms with Gasteiger partial charge in [0.2, 0.25) is 0 Å². The van der Waals surface area contributed by atoms with Crippen LogP contribution >= 0.6 is 24.2 Å². The molecular formula is C13H9ClF3NO2S2. The first-order chi connectivity index (χ1) is 9.80. The van der Waals surface area contributed by atoms with E-state index in [1.54, 1.807) is 30.3 Å². The van der Waals surface area contributed by atoms with Gasteiger partial charge in [0, 0.05) is 9.79 Å². The summed E-state index contributed by atoms with van der Waals surface area (Å²) in [5.41, 5.74) is -4.77. The average Bonchev–Trinajstić information content (AvgIpc) is 2.43. The molecule has 1 heterocycles. The van der Waals surface area contributed by atoms with E-state index in [1.807, 2.05) is 0 Å². The van der Waals surface area contributed by atoms with Crippen LogP contribution < -0.4 is 5.32 Å². The molecule has 0 unspecified atom stereocenters. The molecule has 1 aliphatic heterocycles. The van der Waals surface area contributed by atoms with Gasteiger partial charge in [-0.25, -0.2) is 8.42 Å². The zero-order valence-electron chi connectivity index (χ0n) is 10.7. The average molecular weight is 368 g/mol. The van der Waals surface area contributed by atoms with Crippen LogP contribution in [0.2, 0.25) is 0 Å². The van der Waals surface area contributed by atoms with Crippen molar-refractivity contribution in [3.63, 3.8) is 0 Å². The van der Waals surface area contributed by atoms with Crippen LogP contribution in [0.4, 0.5) is 24.5 Å². The molecule has 2 aromatic rings. The highest BCUT2D eigenvalue weighted by Gasteiger charge is 2.48. The van der Waals surface area contributed by atoms with Gasteiger partial charge in [0.15, 0.2) is 0 Å². The summed E-state index contributed by atoms with van der Waals surface area (Å²) in [7, 11) is -5.40. The molecule has 22 heavy (non-hydrogen) atoms. The van der Waals surface area contributed by atoms with E-state index in [9.17, 15) is 21.6 Å². The number of hydrogen-bond donors (Lipinski definition) is 1. The Morgan fingerprint density at radius 2 is 1.59 bits per heavy atom. The van der Waals surface area contributed by atoms with Crippen LogP contribution in [0.1, 0.15) is 0 Å². The van der Waals surface area contributed by atoms with Crippen LogP contribution in [0.25, 0.3) is 0 Å². The Bertz CT molecular complexity index is 822. The van der Waals surface area contributed by atoms with Crippen molar-refractivity contribution in [2.24, 2.45) is 0 Å². The molecular weight excluding hydrogens is 359 g/mol. The standard InChI is InChI=1S/C13H8F3NO2S2.ClH/c14-13(15,16)21(18,19)11-7-3-6-10-12(11)17-8-4-1-2-5-9(8)20-10;/h1-7,17H;1H. The van der Waals surface area contributed by atoms with Crippen LogP contribution in [0.5, 0.6) is 0 Å². The predicted molar refractivity (Wildman–Crippen MR) is 80.8 cm³/mol. The van der Waals surface area contributed by atoms with Gasteiger partial charge >= 0.3 is 5.51 Å². The van der Waals surface area contributed by atoms with Gasteiger partial charge in [-0.15, -0.1) is 12.4 Å². The molecule has 0 radical (unpaired) electrons. The number of hydrogen-bond acceptors (Lipinski definition) is 4. The summed E-state index contributed by atoms with van der Waals surface area (Å²) in [4.78, 5) is 0.514. The molecule has 0 amide bonds. The number of halogens is 4. The third-order valence-corrected chi connectivity index (χ3v) is 5.61. The van der Waals surface area contributed by atoms with E-state index in [0.717, 1.165) is 11.0 Å². The van der Waals surface area contributed by atoms with Crippen molar-refractivity contribution in [3.05, 3.63) is 42.5 Å². The van der Waals surface area contributed by atoms with Crippen molar-refractivity contribution >= 4 is 45.4 Å². The Kier molecular flexibility index (Phi) is 4.38. The first-order valence-electron chi connectivity index (χ1n) is 5.79. The topological polar surface area (TPSA) is 46.2 Å². The van der Waals surface area contributed by atoms with Crippen molar-refractivity contribution in [1.29, 1.82) is 0 Å². The minimum Gasteiger partial charge on any atom is -0.353 e. The fourth-order valence-electron chi connectivity index (χ4n) is 1.98. The van der Waals surface area contributed by atoms with Crippen molar-refractivity contribution in [2.45, 2.75) is 20.2 Å².